The molecule has 0 atom stereocenters. The third kappa shape index (κ3) is 5.00. The monoisotopic (exact) mass is 461 g/mol. The summed E-state index contributed by atoms with van der Waals surface area (Å²) in [5.74, 6) is 0.177. The van der Waals surface area contributed by atoms with Crippen LogP contribution in [0.15, 0.2) is 21.9 Å². The van der Waals surface area contributed by atoms with Gasteiger partial charge in [-0.25, -0.2) is 4.98 Å². The van der Waals surface area contributed by atoms with E-state index in [0.717, 1.165) is 33.8 Å². The van der Waals surface area contributed by atoms with Crippen molar-refractivity contribution in [3.63, 3.8) is 0 Å². The molecular weight excluding hydrogens is 438 g/mol. The third-order valence-electron chi connectivity index (χ3n) is 4.87. The van der Waals surface area contributed by atoms with E-state index in [0.29, 0.717) is 18.3 Å². The van der Waals surface area contributed by atoms with Gasteiger partial charge in [0, 0.05) is 24.0 Å². The summed E-state index contributed by atoms with van der Waals surface area (Å²) >= 11 is 4.34. The number of hydrogen-bond acceptors (Lipinski definition) is 9. The second-order valence-corrected chi connectivity index (χ2v) is 10.1. The van der Waals surface area contributed by atoms with Gasteiger partial charge in [0.25, 0.3) is 0 Å². The number of ether oxygens (including phenoxy) is 1. The predicted molar refractivity (Wildman–Crippen MR) is 124 cm³/mol. The highest BCUT2D eigenvalue weighted by molar-refractivity contribution is 8.01. The molecule has 2 aromatic heterocycles. The second kappa shape index (κ2) is 9.42. The highest BCUT2D eigenvalue weighted by Gasteiger charge is 2.17. The number of amides is 1. The van der Waals surface area contributed by atoms with E-state index in [1.54, 1.807) is 0 Å². The first kappa shape index (κ1) is 21.2. The van der Waals surface area contributed by atoms with E-state index in [1.807, 2.05) is 5.38 Å². The van der Waals surface area contributed by atoms with Gasteiger partial charge in [-0.3, -0.25) is 4.79 Å². The number of aryl methyl sites for hydroxylation is 3. The molecular formula is C20H23N5O2S3. The molecule has 158 valence electrons. The van der Waals surface area contributed by atoms with E-state index >= 15 is 0 Å². The predicted octanol–water partition coefficient (Wildman–Crippen LogP) is 4.15. The SMILES string of the molecule is Cc1cc(C)c(-c2csc(NC(=O)CSc3nnc(N4CCOCC4)s3)n2)cc1C. The summed E-state index contributed by atoms with van der Waals surface area (Å²) in [5, 5.41) is 14.8. The Bertz CT molecular complexity index is 1040. The molecule has 1 fully saturated rings. The second-order valence-electron chi connectivity index (χ2n) is 7.08. The van der Waals surface area contributed by atoms with Gasteiger partial charge in [0.2, 0.25) is 11.0 Å². The molecule has 1 aliphatic rings. The number of carbonyl (C=O) groups excluding carboxylic acids is 1. The van der Waals surface area contributed by atoms with Gasteiger partial charge in [-0.05, 0) is 43.5 Å². The van der Waals surface area contributed by atoms with Gasteiger partial charge in [-0.2, -0.15) is 0 Å². The van der Waals surface area contributed by atoms with E-state index in [4.69, 9.17) is 4.74 Å². The molecule has 1 saturated heterocycles. The maximum atomic E-state index is 12.4. The van der Waals surface area contributed by atoms with Crippen molar-refractivity contribution in [3.05, 3.63) is 34.2 Å². The van der Waals surface area contributed by atoms with Gasteiger partial charge >= 0.3 is 0 Å². The average Bonchev–Trinajstić information content (AvgIpc) is 3.40. The fourth-order valence-electron chi connectivity index (χ4n) is 3.12. The standard InChI is InChI=1S/C20H23N5O2S3/c1-12-8-14(3)15(9-13(12)2)16-10-28-18(21-16)22-17(26)11-29-20-24-23-19(30-20)25-4-6-27-7-5-25/h8-10H,4-7,11H2,1-3H3,(H,21,22,26). The number of thioether (sulfide) groups is 1. The van der Waals surface area contributed by atoms with Crippen LogP contribution < -0.4 is 10.2 Å². The number of hydrogen-bond donors (Lipinski definition) is 1. The van der Waals surface area contributed by atoms with Gasteiger partial charge in [-0.15, -0.1) is 21.5 Å². The van der Waals surface area contributed by atoms with Crippen molar-refractivity contribution >= 4 is 50.6 Å². The van der Waals surface area contributed by atoms with Crippen LogP contribution in [-0.2, 0) is 9.53 Å². The smallest absolute Gasteiger partial charge is 0.236 e. The van der Waals surface area contributed by atoms with Crippen LogP contribution in [0.5, 0.6) is 0 Å². The Morgan fingerprint density at radius 1 is 1.17 bits per heavy atom. The normalized spacial score (nSPS) is 14.2. The maximum absolute atomic E-state index is 12.4. The summed E-state index contributed by atoms with van der Waals surface area (Å²) in [6.07, 6.45) is 0. The zero-order valence-corrected chi connectivity index (χ0v) is 19.5. The summed E-state index contributed by atoms with van der Waals surface area (Å²) in [5.41, 5.74) is 5.69. The van der Waals surface area contributed by atoms with Gasteiger partial charge < -0.3 is 15.0 Å². The van der Waals surface area contributed by atoms with Gasteiger partial charge in [-0.1, -0.05) is 29.2 Å². The van der Waals surface area contributed by atoms with Gasteiger partial charge in [0.15, 0.2) is 9.47 Å². The van der Waals surface area contributed by atoms with E-state index in [-0.39, 0.29) is 11.7 Å². The van der Waals surface area contributed by atoms with Gasteiger partial charge in [0.05, 0.1) is 24.7 Å². The molecule has 3 aromatic rings. The number of anilines is 2. The van der Waals surface area contributed by atoms with Crippen LogP contribution in [0.4, 0.5) is 10.3 Å². The molecule has 1 aliphatic heterocycles. The minimum atomic E-state index is -0.0965. The number of thiazole rings is 1. The van der Waals surface area contributed by atoms with E-state index in [2.05, 4.69) is 58.3 Å². The minimum Gasteiger partial charge on any atom is -0.378 e. The van der Waals surface area contributed by atoms with Gasteiger partial charge in [0.1, 0.15) is 0 Å². The van der Waals surface area contributed by atoms with Crippen molar-refractivity contribution in [2.45, 2.75) is 25.1 Å². The molecule has 4 rings (SSSR count). The molecule has 1 aromatic carbocycles. The van der Waals surface area contributed by atoms with Crippen molar-refractivity contribution in [1.82, 2.24) is 15.2 Å². The highest BCUT2D eigenvalue weighted by atomic mass is 32.2. The Kier molecular flexibility index (Phi) is 6.67. The highest BCUT2D eigenvalue weighted by Crippen LogP contribution is 2.31. The Morgan fingerprint density at radius 2 is 1.93 bits per heavy atom. The molecule has 10 heteroatoms. The van der Waals surface area contributed by atoms with Crippen molar-refractivity contribution in [2.24, 2.45) is 0 Å². The van der Waals surface area contributed by atoms with Crippen LogP contribution in [0.3, 0.4) is 0 Å². The average molecular weight is 462 g/mol. The van der Waals surface area contributed by atoms with E-state index in [1.165, 1.54) is 51.1 Å². The number of carbonyl (C=O) groups is 1. The summed E-state index contributed by atoms with van der Waals surface area (Å²) in [7, 11) is 0. The number of benzene rings is 1. The Labute approximate surface area is 187 Å². The molecule has 7 nitrogen and oxygen atoms in total. The lowest BCUT2D eigenvalue weighted by atomic mass is 9.99. The molecule has 0 spiro atoms. The first-order chi connectivity index (χ1) is 14.5. The van der Waals surface area contributed by atoms with Crippen LogP contribution in [0.25, 0.3) is 11.3 Å². The number of morpholine rings is 1. The molecule has 3 heterocycles. The first-order valence-corrected chi connectivity index (χ1v) is 12.3. The van der Waals surface area contributed by atoms with E-state index < -0.39 is 0 Å². The molecule has 0 bridgehead atoms. The van der Waals surface area contributed by atoms with E-state index in [9.17, 15) is 4.79 Å². The van der Waals surface area contributed by atoms with Crippen molar-refractivity contribution in [1.29, 1.82) is 0 Å². The summed E-state index contributed by atoms with van der Waals surface area (Å²) in [6, 6.07) is 4.33. The van der Waals surface area contributed by atoms with Crippen molar-refractivity contribution in [3.8, 4) is 11.3 Å². The van der Waals surface area contributed by atoms with Crippen molar-refractivity contribution < 1.29 is 9.53 Å². The first-order valence-electron chi connectivity index (χ1n) is 9.62. The Balaban J connectivity index is 1.33. The summed E-state index contributed by atoms with van der Waals surface area (Å²) in [4.78, 5) is 19.1. The topological polar surface area (TPSA) is 80.2 Å². The fourth-order valence-corrected chi connectivity index (χ4v) is 5.54. The minimum absolute atomic E-state index is 0.0965. The molecule has 0 radical (unpaired) electrons. The zero-order valence-electron chi connectivity index (χ0n) is 17.1. The van der Waals surface area contributed by atoms with Crippen LogP contribution in [0.2, 0.25) is 0 Å². The third-order valence-corrected chi connectivity index (χ3v) is 7.75. The quantitative estimate of drug-likeness (QED) is 0.552. The molecule has 1 N–H and O–H groups in total. The fraction of sp³-hybridized carbons (Fsp3) is 0.400. The van der Waals surface area contributed by atoms with Crippen LogP contribution in [0.1, 0.15) is 16.7 Å². The lowest BCUT2D eigenvalue weighted by Gasteiger charge is -2.25. The summed E-state index contributed by atoms with van der Waals surface area (Å²) < 4.78 is 6.15. The Morgan fingerprint density at radius 3 is 2.73 bits per heavy atom. The molecule has 30 heavy (non-hydrogen) atoms. The zero-order chi connectivity index (χ0) is 21.1. The molecule has 0 aliphatic carbocycles. The summed E-state index contributed by atoms with van der Waals surface area (Å²) in [6.45, 7) is 9.37. The maximum Gasteiger partial charge on any atom is 0.236 e. The van der Waals surface area contributed by atoms with Crippen LogP contribution >= 0.6 is 34.4 Å². The lowest BCUT2D eigenvalue weighted by Crippen LogP contribution is -2.36. The van der Waals surface area contributed by atoms with Crippen LogP contribution in [0, 0.1) is 20.8 Å². The lowest BCUT2D eigenvalue weighted by molar-refractivity contribution is -0.113. The number of rotatable bonds is 6. The van der Waals surface area contributed by atoms with Crippen molar-refractivity contribution in [2.75, 3.05) is 42.3 Å². The number of nitrogens with zero attached hydrogens (tertiary/aromatic N) is 4. The molecule has 0 unspecified atom stereocenters. The Hall–Kier alpha value is -2.01. The van der Waals surface area contributed by atoms with Crippen LogP contribution in [-0.4, -0.2) is 53.1 Å². The largest absolute Gasteiger partial charge is 0.378 e. The molecule has 0 saturated carbocycles. The number of aromatic nitrogens is 3. The molecule has 1 amide bonds. The number of nitrogens with one attached hydrogen (secondary N) is 1.